The van der Waals surface area contributed by atoms with Crippen molar-refractivity contribution < 1.29 is 14.3 Å². The zero-order valence-corrected chi connectivity index (χ0v) is 11.9. The van der Waals surface area contributed by atoms with E-state index in [2.05, 4.69) is 10.3 Å². The van der Waals surface area contributed by atoms with Crippen molar-refractivity contribution in [3.05, 3.63) is 18.3 Å². The molecule has 0 spiro atoms. The number of carbonyl (C=O) groups is 2. The summed E-state index contributed by atoms with van der Waals surface area (Å²) in [4.78, 5) is 29.3. The number of hydrogen-bond acceptors (Lipinski definition) is 5. The van der Waals surface area contributed by atoms with Gasteiger partial charge in [0.05, 0.1) is 24.9 Å². The number of pyridine rings is 1. The SMILES string of the molecule is CCOc1ccc(NC2CC(=O)N(C(C)C)C2=O)cn1. The van der Waals surface area contributed by atoms with Crippen molar-refractivity contribution in [2.24, 2.45) is 0 Å². The fourth-order valence-corrected chi connectivity index (χ4v) is 2.21. The third kappa shape index (κ3) is 2.89. The van der Waals surface area contributed by atoms with E-state index in [4.69, 9.17) is 4.74 Å². The van der Waals surface area contributed by atoms with Gasteiger partial charge >= 0.3 is 0 Å². The van der Waals surface area contributed by atoms with Crippen molar-refractivity contribution in [3.63, 3.8) is 0 Å². The maximum absolute atomic E-state index is 12.1. The molecule has 0 radical (unpaired) electrons. The molecule has 2 amide bonds. The molecule has 6 heteroatoms. The molecule has 1 unspecified atom stereocenters. The summed E-state index contributed by atoms with van der Waals surface area (Å²) in [6, 6.07) is 2.89. The largest absolute Gasteiger partial charge is 0.478 e. The van der Waals surface area contributed by atoms with Crippen LogP contribution in [-0.4, -0.2) is 40.4 Å². The van der Waals surface area contributed by atoms with Crippen LogP contribution in [0.25, 0.3) is 0 Å². The Labute approximate surface area is 118 Å². The van der Waals surface area contributed by atoms with Gasteiger partial charge in [0.15, 0.2) is 0 Å². The van der Waals surface area contributed by atoms with E-state index in [0.29, 0.717) is 18.2 Å². The summed E-state index contributed by atoms with van der Waals surface area (Å²) in [5.41, 5.74) is 0.699. The van der Waals surface area contributed by atoms with Crippen LogP contribution in [0.2, 0.25) is 0 Å². The molecular weight excluding hydrogens is 258 g/mol. The second-order valence-corrected chi connectivity index (χ2v) is 4.91. The van der Waals surface area contributed by atoms with Gasteiger partial charge in [-0.3, -0.25) is 14.5 Å². The highest BCUT2D eigenvalue weighted by Crippen LogP contribution is 2.20. The topological polar surface area (TPSA) is 71.5 Å². The first-order valence-electron chi connectivity index (χ1n) is 6.74. The highest BCUT2D eigenvalue weighted by atomic mass is 16.5. The Bertz CT molecular complexity index is 499. The molecule has 1 aliphatic rings. The normalized spacial score (nSPS) is 18.8. The molecule has 1 aromatic rings. The number of rotatable bonds is 5. The fourth-order valence-electron chi connectivity index (χ4n) is 2.21. The minimum Gasteiger partial charge on any atom is -0.478 e. The van der Waals surface area contributed by atoms with Gasteiger partial charge in [-0.05, 0) is 26.8 Å². The highest BCUT2D eigenvalue weighted by molar-refractivity contribution is 6.07. The molecule has 0 saturated carbocycles. The first-order chi connectivity index (χ1) is 9.52. The molecule has 0 bridgehead atoms. The van der Waals surface area contributed by atoms with Crippen LogP contribution in [-0.2, 0) is 9.59 Å². The first kappa shape index (κ1) is 14.3. The van der Waals surface area contributed by atoms with Gasteiger partial charge in [0.1, 0.15) is 6.04 Å². The number of aromatic nitrogens is 1. The molecule has 0 aromatic carbocycles. The minimum atomic E-state index is -0.510. The predicted octanol–water partition coefficient (Wildman–Crippen LogP) is 1.43. The molecule has 108 valence electrons. The number of anilines is 1. The summed E-state index contributed by atoms with van der Waals surface area (Å²) < 4.78 is 5.25. The lowest BCUT2D eigenvalue weighted by Crippen LogP contribution is -2.39. The number of imide groups is 1. The van der Waals surface area contributed by atoms with E-state index in [0.717, 1.165) is 0 Å². The zero-order valence-electron chi connectivity index (χ0n) is 11.9. The Morgan fingerprint density at radius 2 is 2.20 bits per heavy atom. The van der Waals surface area contributed by atoms with Crippen LogP contribution >= 0.6 is 0 Å². The van der Waals surface area contributed by atoms with Gasteiger partial charge in [-0.2, -0.15) is 0 Å². The summed E-state index contributed by atoms with van der Waals surface area (Å²) in [6.45, 7) is 6.10. The average molecular weight is 277 g/mol. The van der Waals surface area contributed by atoms with E-state index in [-0.39, 0.29) is 24.3 Å². The fraction of sp³-hybridized carbons (Fsp3) is 0.500. The number of hydrogen-bond donors (Lipinski definition) is 1. The number of ether oxygens (including phenoxy) is 1. The second-order valence-electron chi connectivity index (χ2n) is 4.91. The molecule has 2 heterocycles. The quantitative estimate of drug-likeness (QED) is 0.824. The molecule has 1 aromatic heterocycles. The lowest BCUT2D eigenvalue weighted by atomic mass is 10.2. The molecule has 1 N–H and O–H groups in total. The van der Waals surface area contributed by atoms with Crippen LogP contribution in [0.4, 0.5) is 5.69 Å². The molecular formula is C14H19N3O3. The molecule has 0 aliphatic carbocycles. The van der Waals surface area contributed by atoms with Crippen molar-refractivity contribution in [2.45, 2.75) is 39.3 Å². The number of nitrogens with zero attached hydrogens (tertiary/aromatic N) is 2. The Morgan fingerprint density at radius 1 is 1.45 bits per heavy atom. The lowest BCUT2D eigenvalue weighted by Gasteiger charge is -2.19. The Hall–Kier alpha value is -2.11. The van der Waals surface area contributed by atoms with E-state index in [1.165, 1.54) is 4.90 Å². The Morgan fingerprint density at radius 3 is 2.70 bits per heavy atom. The maximum Gasteiger partial charge on any atom is 0.252 e. The number of amides is 2. The van der Waals surface area contributed by atoms with Crippen molar-refractivity contribution >= 4 is 17.5 Å². The third-order valence-electron chi connectivity index (χ3n) is 3.07. The number of carbonyl (C=O) groups excluding carboxylic acids is 2. The Balaban J connectivity index is 2.03. The van der Waals surface area contributed by atoms with Crippen LogP contribution in [0.3, 0.4) is 0 Å². The summed E-state index contributed by atoms with van der Waals surface area (Å²) in [5, 5.41) is 3.05. The van der Waals surface area contributed by atoms with Crippen LogP contribution in [0.5, 0.6) is 5.88 Å². The minimum absolute atomic E-state index is 0.111. The monoisotopic (exact) mass is 277 g/mol. The third-order valence-corrected chi connectivity index (χ3v) is 3.07. The van der Waals surface area contributed by atoms with Gasteiger partial charge in [0.25, 0.3) is 5.91 Å². The lowest BCUT2D eigenvalue weighted by molar-refractivity contribution is -0.140. The van der Waals surface area contributed by atoms with E-state index >= 15 is 0 Å². The van der Waals surface area contributed by atoms with E-state index in [1.54, 1.807) is 18.3 Å². The van der Waals surface area contributed by atoms with Gasteiger partial charge in [0.2, 0.25) is 11.8 Å². The second kappa shape index (κ2) is 5.90. The van der Waals surface area contributed by atoms with Crippen molar-refractivity contribution in [1.29, 1.82) is 0 Å². The van der Waals surface area contributed by atoms with Crippen LogP contribution in [0, 0.1) is 0 Å². The molecule has 2 rings (SSSR count). The zero-order chi connectivity index (χ0) is 14.7. The van der Waals surface area contributed by atoms with Crippen molar-refractivity contribution in [2.75, 3.05) is 11.9 Å². The van der Waals surface area contributed by atoms with E-state index in [9.17, 15) is 9.59 Å². The van der Waals surface area contributed by atoms with Gasteiger partial charge in [-0.1, -0.05) is 0 Å². The molecule has 6 nitrogen and oxygen atoms in total. The molecule has 1 aliphatic heterocycles. The maximum atomic E-state index is 12.1. The van der Waals surface area contributed by atoms with Crippen LogP contribution in [0.1, 0.15) is 27.2 Å². The van der Waals surface area contributed by atoms with Gasteiger partial charge in [-0.15, -0.1) is 0 Å². The number of likely N-dealkylation sites (tertiary alicyclic amines) is 1. The van der Waals surface area contributed by atoms with Gasteiger partial charge < -0.3 is 10.1 Å². The highest BCUT2D eigenvalue weighted by Gasteiger charge is 2.39. The van der Waals surface area contributed by atoms with Gasteiger partial charge in [0, 0.05) is 12.1 Å². The summed E-state index contributed by atoms with van der Waals surface area (Å²) in [7, 11) is 0. The first-order valence-corrected chi connectivity index (χ1v) is 6.74. The summed E-state index contributed by atoms with van der Waals surface area (Å²) in [5.74, 6) is 0.218. The number of nitrogens with one attached hydrogen (secondary N) is 1. The van der Waals surface area contributed by atoms with E-state index < -0.39 is 6.04 Å². The van der Waals surface area contributed by atoms with Gasteiger partial charge in [-0.25, -0.2) is 4.98 Å². The predicted molar refractivity (Wildman–Crippen MR) is 74.4 cm³/mol. The van der Waals surface area contributed by atoms with Crippen molar-refractivity contribution in [3.8, 4) is 5.88 Å². The van der Waals surface area contributed by atoms with Crippen LogP contribution < -0.4 is 10.1 Å². The van der Waals surface area contributed by atoms with E-state index in [1.807, 2.05) is 20.8 Å². The van der Waals surface area contributed by atoms with Crippen LogP contribution in [0.15, 0.2) is 18.3 Å². The summed E-state index contributed by atoms with van der Waals surface area (Å²) >= 11 is 0. The average Bonchev–Trinajstić information content (AvgIpc) is 2.67. The Kier molecular flexibility index (Phi) is 4.22. The molecule has 1 fully saturated rings. The molecule has 20 heavy (non-hydrogen) atoms. The summed E-state index contributed by atoms with van der Waals surface area (Å²) in [6.07, 6.45) is 1.78. The smallest absolute Gasteiger partial charge is 0.252 e. The molecule has 1 saturated heterocycles. The standard InChI is InChI=1S/C14H19N3O3/c1-4-20-12-6-5-10(8-15-12)16-11-7-13(18)17(9(2)3)14(11)19/h5-6,8-9,11,16H,4,7H2,1-3H3. The van der Waals surface area contributed by atoms with Crippen molar-refractivity contribution in [1.82, 2.24) is 9.88 Å². The molecule has 1 atom stereocenters.